The highest BCUT2D eigenvalue weighted by Crippen LogP contribution is 2.20. The van der Waals surface area contributed by atoms with Gasteiger partial charge in [0.15, 0.2) is 9.84 Å². The summed E-state index contributed by atoms with van der Waals surface area (Å²) in [5.41, 5.74) is 0.714. The van der Waals surface area contributed by atoms with Crippen LogP contribution in [0.2, 0.25) is 0 Å². The third kappa shape index (κ3) is 3.88. The van der Waals surface area contributed by atoms with Gasteiger partial charge in [0.1, 0.15) is 12.1 Å². The van der Waals surface area contributed by atoms with Gasteiger partial charge in [-0.15, -0.1) is 0 Å². The summed E-state index contributed by atoms with van der Waals surface area (Å²) in [7, 11) is -3.33. The largest absolute Gasteiger partial charge is 0.444 e. The van der Waals surface area contributed by atoms with E-state index in [1.54, 1.807) is 6.07 Å². The average molecular weight is 299 g/mol. The Kier molecular flexibility index (Phi) is 4.51. The lowest BCUT2D eigenvalue weighted by molar-refractivity contribution is 0.295. The van der Waals surface area contributed by atoms with Crippen molar-refractivity contribution in [2.45, 2.75) is 12.2 Å². The van der Waals surface area contributed by atoms with E-state index < -0.39 is 15.7 Å². The number of oxazole rings is 1. The topological polar surface area (TPSA) is 80.4 Å². The Balaban J connectivity index is 2.13. The molecule has 0 bridgehead atoms. The Labute approximate surface area is 116 Å². The lowest BCUT2D eigenvalue weighted by Gasteiger charge is -1.99. The van der Waals surface area contributed by atoms with Crippen molar-refractivity contribution in [3.05, 3.63) is 42.0 Å². The minimum Gasteiger partial charge on any atom is -0.444 e. The van der Waals surface area contributed by atoms with E-state index in [0.717, 1.165) is 0 Å². The number of halogens is 1. The number of benzene rings is 1. The van der Waals surface area contributed by atoms with Crippen LogP contribution in [0.5, 0.6) is 0 Å². The van der Waals surface area contributed by atoms with E-state index in [1.807, 2.05) is 0 Å². The van der Waals surface area contributed by atoms with Gasteiger partial charge in [0.25, 0.3) is 0 Å². The van der Waals surface area contributed by atoms with Crippen LogP contribution in [0.3, 0.4) is 0 Å². The molecule has 108 valence electrons. The normalized spacial score (nSPS) is 11.7. The van der Waals surface area contributed by atoms with Gasteiger partial charge in [-0.1, -0.05) is 6.07 Å². The summed E-state index contributed by atoms with van der Waals surface area (Å²) < 4.78 is 41.7. The van der Waals surface area contributed by atoms with Gasteiger partial charge >= 0.3 is 0 Å². The second kappa shape index (κ2) is 6.15. The Morgan fingerprint density at radius 1 is 1.35 bits per heavy atom. The molecule has 2 rings (SSSR count). The summed E-state index contributed by atoms with van der Waals surface area (Å²) in [5, 5.41) is 8.64. The Hall–Kier alpha value is -1.73. The maximum Gasteiger partial charge on any atom is 0.226 e. The van der Waals surface area contributed by atoms with Crippen LogP contribution < -0.4 is 0 Å². The minimum atomic E-state index is -3.33. The molecule has 1 N–H and O–H groups in total. The number of nitrogens with zero attached hydrogens (tertiary/aromatic N) is 1. The van der Waals surface area contributed by atoms with Crippen molar-refractivity contribution in [3.8, 4) is 11.5 Å². The molecular weight excluding hydrogens is 285 g/mol. The number of aromatic nitrogens is 1. The van der Waals surface area contributed by atoms with Gasteiger partial charge in [-0.3, -0.25) is 0 Å². The summed E-state index contributed by atoms with van der Waals surface area (Å²) in [6.07, 6.45) is 1.44. The first-order valence-electron chi connectivity index (χ1n) is 6.02. The molecule has 0 unspecified atom stereocenters. The summed E-state index contributed by atoms with van der Waals surface area (Å²) in [4.78, 5) is 4.04. The third-order valence-electron chi connectivity index (χ3n) is 2.60. The van der Waals surface area contributed by atoms with Crippen LogP contribution >= 0.6 is 0 Å². The number of hydrogen-bond acceptors (Lipinski definition) is 5. The van der Waals surface area contributed by atoms with E-state index in [9.17, 15) is 12.8 Å². The van der Waals surface area contributed by atoms with Crippen molar-refractivity contribution in [2.24, 2.45) is 0 Å². The summed E-state index contributed by atoms with van der Waals surface area (Å²) in [6, 6.07) is 5.70. The molecule has 0 saturated heterocycles. The molecule has 0 saturated carbocycles. The van der Waals surface area contributed by atoms with Crippen molar-refractivity contribution in [3.63, 3.8) is 0 Å². The molecule has 1 aromatic carbocycles. The van der Waals surface area contributed by atoms with Gasteiger partial charge in [-0.05, 0) is 24.6 Å². The van der Waals surface area contributed by atoms with Crippen LogP contribution in [0.15, 0.2) is 34.9 Å². The molecule has 0 amide bonds. The standard InChI is InChI=1S/C13H14FNO4S/c14-11-4-1-3-10(7-11)13-15-12(8-19-13)9-20(17,18)6-2-5-16/h1,3-4,7-8,16H,2,5-6,9H2. The SMILES string of the molecule is O=S(=O)(CCCO)Cc1coc(-c2cccc(F)c2)n1. The van der Waals surface area contributed by atoms with Gasteiger partial charge in [-0.25, -0.2) is 17.8 Å². The molecule has 1 heterocycles. The fourth-order valence-corrected chi connectivity index (χ4v) is 3.01. The second-order valence-corrected chi connectivity index (χ2v) is 6.51. The van der Waals surface area contributed by atoms with Crippen LogP contribution in [0.25, 0.3) is 11.5 Å². The average Bonchev–Trinajstić information content (AvgIpc) is 2.84. The molecule has 0 aliphatic rings. The number of sulfone groups is 1. The van der Waals surface area contributed by atoms with Gasteiger partial charge in [0.05, 0.1) is 17.2 Å². The van der Waals surface area contributed by atoms with E-state index in [1.165, 1.54) is 24.5 Å². The van der Waals surface area contributed by atoms with E-state index in [0.29, 0.717) is 5.56 Å². The maximum atomic E-state index is 13.1. The van der Waals surface area contributed by atoms with Crippen LogP contribution in [-0.2, 0) is 15.6 Å². The highest BCUT2D eigenvalue weighted by Gasteiger charge is 2.15. The Bertz CT molecular complexity index is 681. The van der Waals surface area contributed by atoms with Crippen molar-refractivity contribution in [1.82, 2.24) is 4.98 Å². The molecule has 0 aliphatic heterocycles. The fourth-order valence-electron chi connectivity index (χ4n) is 1.71. The van der Waals surface area contributed by atoms with E-state index >= 15 is 0 Å². The quantitative estimate of drug-likeness (QED) is 0.879. The number of rotatable bonds is 6. The molecule has 0 spiro atoms. The van der Waals surface area contributed by atoms with Crippen LogP contribution in [-0.4, -0.2) is 30.9 Å². The maximum absolute atomic E-state index is 13.1. The predicted octanol–water partition coefficient (Wildman–Crippen LogP) is 1.78. The van der Waals surface area contributed by atoms with Gasteiger partial charge in [-0.2, -0.15) is 0 Å². The smallest absolute Gasteiger partial charge is 0.226 e. The van der Waals surface area contributed by atoms with Crippen LogP contribution in [0, 0.1) is 5.82 Å². The van der Waals surface area contributed by atoms with Crippen molar-refractivity contribution in [2.75, 3.05) is 12.4 Å². The van der Waals surface area contributed by atoms with Crippen molar-refractivity contribution in [1.29, 1.82) is 0 Å². The first-order chi connectivity index (χ1) is 9.50. The molecule has 0 atom stereocenters. The highest BCUT2D eigenvalue weighted by molar-refractivity contribution is 7.90. The molecule has 5 nitrogen and oxygen atoms in total. The van der Waals surface area contributed by atoms with Crippen molar-refractivity contribution >= 4 is 9.84 Å². The zero-order valence-electron chi connectivity index (χ0n) is 10.6. The van der Waals surface area contributed by atoms with Crippen LogP contribution in [0.4, 0.5) is 4.39 Å². The summed E-state index contributed by atoms with van der Waals surface area (Å²) in [6.45, 7) is -0.174. The first-order valence-corrected chi connectivity index (χ1v) is 7.84. The monoisotopic (exact) mass is 299 g/mol. The van der Waals surface area contributed by atoms with E-state index in [-0.39, 0.29) is 36.1 Å². The number of aliphatic hydroxyl groups is 1. The van der Waals surface area contributed by atoms with Crippen LogP contribution in [0.1, 0.15) is 12.1 Å². The van der Waals surface area contributed by atoms with Gasteiger partial charge in [0.2, 0.25) is 5.89 Å². The lowest BCUT2D eigenvalue weighted by Crippen LogP contribution is -2.10. The summed E-state index contributed by atoms with van der Waals surface area (Å²) in [5.74, 6) is -0.605. The second-order valence-electron chi connectivity index (χ2n) is 4.32. The van der Waals surface area contributed by atoms with E-state index in [2.05, 4.69) is 4.98 Å². The molecule has 20 heavy (non-hydrogen) atoms. The highest BCUT2D eigenvalue weighted by atomic mass is 32.2. The number of hydrogen-bond donors (Lipinski definition) is 1. The molecule has 0 aliphatic carbocycles. The minimum absolute atomic E-state index is 0.105. The molecule has 1 aromatic heterocycles. The molecule has 2 aromatic rings. The first kappa shape index (κ1) is 14.7. The molecule has 7 heteroatoms. The molecule has 0 fully saturated rings. The molecular formula is C13H14FNO4S. The fraction of sp³-hybridized carbons (Fsp3) is 0.308. The van der Waals surface area contributed by atoms with Crippen molar-refractivity contribution < 1.29 is 22.3 Å². The predicted molar refractivity (Wildman–Crippen MR) is 71.1 cm³/mol. The van der Waals surface area contributed by atoms with Gasteiger partial charge < -0.3 is 9.52 Å². The zero-order valence-corrected chi connectivity index (χ0v) is 11.4. The third-order valence-corrected chi connectivity index (χ3v) is 4.25. The Morgan fingerprint density at radius 3 is 2.85 bits per heavy atom. The zero-order chi connectivity index (χ0) is 14.6. The number of aliphatic hydroxyl groups excluding tert-OH is 1. The lowest BCUT2D eigenvalue weighted by atomic mass is 10.2. The Morgan fingerprint density at radius 2 is 2.15 bits per heavy atom. The van der Waals surface area contributed by atoms with Gasteiger partial charge in [0, 0.05) is 12.2 Å². The molecule has 0 radical (unpaired) electrons. The van der Waals surface area contributed by atoms with E-state index in [4.69, 9.17) is 9.52 Å². The summed E-state index contributed by atoms with van der Waals surface area (Å²) >= 11 is 0.